The largest absolute Gasteiger partial charge is 0.478 e. The van der Waals surface area contributed by atoms with Crippen molar-refractivity contribution in [2.24, 2.45) is 0 Å². The summed E-state index contributed by atoms with van der Waals surface area (Å²) in [5.74, 6) is 0.0329. The lowest BCUT2D eigenvalue weighted by Crippen LogP contribution is -2.24. The second kappa shape index (κ2) is 6.55. The molecule has 0 radical (unpaired) electrons. The van der Waals surface area contributed by atoms with E-state index in [1.807, 2.05) is 39.0 Å². The molecule has 0 unspecified atom stereocenters. The third kappa shape index (κ3) is 3.16. The standard InChI is InChI=1S/C13H19NO2S/c1-4-14(5-2)10-8-7-9-11(17-6-3)12(10)13(15)16/h7-9H,4-6H2,1-3H3,(H,15,16). The molecule has 0 saturated heterocycles. The van der Waals surface area contributed by atoms with Crippen LogP contribution in [-0.2, 0) is 0 Å². The van der Waals surface area contributed by atoms with Gasteiger partial charge < -0.3 is 10.0 Å². The zero-order valence-electron chi connectivity index (χ0n) is 10.6. The Balaban J connectivity index is 3.28. The average Bonchev–Trinajstić information content (AvgIpc) is 2.31. The summed E-state index contributed by atoms with van der Waals surface area (Å²) in [6, 6.07) is 5.69. The zero-order chi connectivity index (χ0) is 12.8. The molecule has 94 valence electrons. The third-order valence-corrected chi connectivity index (χ3v) is 3.56. The average molecular weight is 253 g/mol. The molecule has 0 spiro atoms. The lowest BCUT2D eigenvalue weighted by Gasteiger charge is -2.24. The van der Waals surface area contributed by atoms with Crippen LogP contribution in [0.3, 0.4) is 0 Å². The Kier molecular flexibility index (Phi) is 5.35. The summed E-state index contributed by atoms with van der Waals surface area (Å²) in [4.78, 5) is 14.3. The molecule has 1 aromatic carbocycles. The maximum atomic E-state index is 11.4. The van der Waals surface area contributed by atoms with Crippen molar-refractivity contribution in [1.82, 2.24) is 0 Å². The highest BCUT2D eigenvalue weighted by Crippen LogP contribution is 2.30. The fourth-order valence-electron chi connectivity index (χ4n) is 1.84. The van der Waals surface area contributed by atoms with Crippen molar-refractivity contribution in [3.8, 4) is 0 Å². The van der Waals surface area contributed by atoms with E-state index in [1.54, 1.807) is 11.8 Å². The van der Waals surface area contributed by atoms with Crippen molar-refractivity contribution in [2.45, 2.75) is 25.7 Å². The first-order chi connectivity index (χ1) is 8.15. The van der Waals surface area contributed by atoms with E-state index >= 15 is 0 Å². The summed E-state index contributed by atoms with van der Waals surface area (Å²) in [7, 11) is 0. The smallest absolute Gasteiger partial charge is 0.338 e. The predicted molar refractivity (Wildman–Crippen MR) is 73.4 cm³/mol. The van der Waals surface area contributed by atoms with E-state index in [1.165, 1.54) is 0 Å². The van der Waals surface area contributed by atoms with E-state index in [2.05, 4.69) is 4.90 Å². The van der Waals surface area contributed by atoms with Crippen LogP contribution in [-0.4, -0.2) is 29.9 Å². The Labute approximate surface area is 107 Å². The van der Waals surface area contributed by atoms with Gasteiger partial charge in [-0.3, -0.25) is 0 Å². The Morgan fingerprint density at radius 1 is 1.29 bits per heavy atom. The molecule has 0 atom stereocenters. The number of rotatable bonds is 6. The molecule has 1 rings (SSSR count). The van der Waals surface area contributed by atoms with Gasteiger partial charge in [0, 0.05) is 18.0 Å². The highest BCUT2D eigenvalue weighted by atomic mass is 32.2. The van der Waals surface area contributed by atoms with Gasteiger partial charge in [0.15, 0.2) is 0 Å². The van der Waals surface area contributed by atoms with Gasteiger partial charge in [0.1, 0.15) is 0 Å². The first kappa shape index (κ1) is 13.9. The van der Waals surface area contributed by atoms with Gasteiger partial charge in [0.05, 0.1) is 11.3 Å². The van der Waals surface area contributed by atoms with Crippen LogP contribution in [0.25, 0.3) is 0 Å². The van der Waals surface area contributed by atoms with Crippen LogP contribution in [0, 0.1) is 0 Å². The molecular formula is C13H19NO2S. The number of carboxylic acid groups (broad SMARTS) is 1. The first-order valence-electron chi connectivity index (χ1n) is 5.89. The number of anilines is 1. The van der Waals surface area contributed by atoms with Gasteiger partial charge in [-0.15, -0.1) is 11.8 Å². The molecule has 0 amide bonds. The van der Waals surface area contributed by atoms with E-state index in [9.17, 15) is 9.90 Å². The van der Waals surface area contributed by atoms with Crippen molar-refractivity contribution in [2.75, 3.05) is 23.7 Å². The minimum atomic E-state index is -0.844. The van der Waals surface area contributed by atoms with Crippen LogP contribution in [0.15, 0.2) is 23.1 Å². The summed E-state index contributed by atoms with van der Waals surface area (Å²) < 4.78 is 0. The van der Waals surface area contributed by atoms with E-state index in [4.69, 9.17) is 0 Å². The van der Waals surface area contributed by atoms with E-state index in [0.717, 1.165) is 29.4 Å². The number of benzene rings is 1. The molecule has 0 aromatic heterocycles. The van der Waals surface area contributed by atoms with Crippen molar-refractivity contribution < 1.29 is 9.90 Å². The van der Waals surface area contributed by atoms with Crippen molar-refractivity contribution in [3.05, 3.63) is 23.8 Å². The van der Waals surface area contributed by atoms with Crippen LogP contribution >= 0.6 is 11.8 Å². The second-order valence-electron chi connectivity index (χ2n) is 3.56. The minimum absolute atomic E-state index is 0.433. The molecule has 0 bridgehead atoms. The predicted octanol–water partition coefficient (Wildman–Crippen LogP) is 3.34. The van der Waals surface area contributed by atoms with Crippen LogP contribution in [0.4, 0.5) is 5.69 Å². The maximum Gasteiger partial charge on any atom is 0.338 e. The van der Waals surface area contributed by atoms with Gasteiger partial charge in [0.2, 0.25) is 0 Å². The van der Waals surface area contributed by atoms with Gasteiger partial charge >= 0.3 is 5.97 Å². The van der Waals surface area contributed by atoms with Crippen molar-refractivity contribution in [3.63, 3.8) is 0 Å². The fraction of sp³-hybridized carbons (Fsp3) is 0.462. The van der Waals surface area contributed by atoms with Crippen molar-refractivity contribution >= 4 is 23.4 Å². The Hall–Kier alpha value is -1.16. The second-order valence-corrected chi connectivity index (χ2v) is 4.87. The number of hydrogen-bond acceptors (Lipinski definition) is 3. The fourth-order valence-corrected chi connectivity index (χ4v) is 2.66. The molecule has 0 saturated carbocycles. The van der Waals surface area contributed by atoms with Crippen LogP contribution < -0.4 is 4.90 Å². The van der Waals surface area contributed by atoms with Gasteiger partial charge in [-0.1, -0.05) is 13.0 Å². The summed E-state index contributed by atoms with van der Waals surface area (Å²) in [6.45, 7) is 7.73. The van der Waals surface area contributed by atoms with E-state index in [-0.39, 0.29) is 0 Å². The molecule has 1 aromatic rings. The van der Waals surface area contributed by atoms with Gasteiger partial charge in [-0.05, 0) is 31.7 Å². The molecule has 0 aliphatic rings. The first-order valence-corrected chi connectivity index (χ1v) is 6.88. The Morgan fingerprint density at radius 2 is 1.94 bits per heavy atom. The monoisotopic (exact) mass is 253 g/mol. The lowest BCUT2D eigenvalue weighted by molar-refractivity contribution is 0.0694. The maximum absolute atomic E-state index is 11.4. The normalized spacial score (nSPS) is 10.3. The molecule has 0 heterocycles. The number of thioether (sulfide) groups is 1. The summed E-state index contributed by atoms with van der Waals surface area (Å²) >= 11 is 1.58. The molecule has 0 aliphatic carbocycles. The Morgan fingerprint density at radius 3 is 2.41 bits per heavy atom. The SMILES string of the molecule is CCSc1cccc(N(CC)CC)c1C(=O)O. The zero-order valence-corrected chi connectivity index (χ0v) is 11.4. The number of hydrogen-bond donors (Lipinski definition) is 1. The van der Waals surface area contributed by atoms with Gasteiger partial charge in [-0.2, -0.15) is 0 Å². The molecular weight excluding hydrogens is 234 g/mol. The molecule has 4 heteroatoms. The summed E-state index contributed by atoms with van der Waals surface area (Å²) in [6.07, 6.45) is 0. The van der Waals surface area contributed by atoms with E-state index < -0.39 is 5.97 Å². The highest BCUT2D eigenvalue weighted by Gasteiger charge is 2.18. The van der Waals surface area contributed by atoms with Crippen LogP contribution in [0.5, 0.6) is 0 Å². The van der Waals surface area contributed by atoms with Gasteiger partial charge in [-0.25, -0.2) is 4.79 Å². The number of aromatic carboxylic acids is 1. The lowest BCUT2D eigenvalue weighted by atomic mass is 10.1. The Bertz CT molecular complexity index is 389. The molecule has 0 fully saturated rings. The molecule has 0 aliphatic heterocycles. The minimum Gasteiger partial charge on any atom is -0.478 e. The van der Waals surface area contributed by atoms with Crippen LogP contribution in [0.2, 0.25) is 0 Å². The topological polar surface area (TPSA) is 40.5 Å². The number of carboxylic acids is 1. The molecule has 1 N–H and O–H groups in total. The van der Waals surface area contributed by atoms with E-state index in [0.29, 0.717) is 5.56 Å². The molecule has 3 nitrogen and oxygen atoms in total. The number of nitrogens with zero attached hydrogens (tertiary/aromatic N) is 1. The van der Waals surface area contributed by atoms with Gasteiger partial charge in [0.25, 0.3) is 0 Å². The third-order valence-electron chi connectivity index (χ3n) is 2.62. The summed E-state index contributed by atoms with van der Waals surface area (Å²) in [5.41, 5.74) is 1.25. The summed E-state index contributed by atoms with van der Waals surface area (Å²) in [5, 5.41) is 9.37. The highest BCUT2D eigenvalue weighted by molar-refractivity contribution is 7.99. The number of carbonyl (C=O) groups is 1. The van der Waals surface area contributed by atoms with Crippen LogP contribution in [0.1, 0.15) is 31.1 Å². The van der Waals surface area contributed by atoms with Crippen molar-refractivity contribution in [1.29, 1.82) is 0 Å². The molecule has 17 heavy (non-hydrogen) atoms. The quantitative estimate of drug-likeness (QED) is 0.789.